The number of hydrogen-bond donors (Lipinski definition) is 1. The van der Waals surface area contributed by atoms with E-state index in [1.54, 1.807) is 23.1 Å². The van der Waals surface area contributed by atoms with Crippen molar-refractivity contribution >= 4 is 11.8 Å². The van der Waals surface area contributed by atoms with Crippen LogP contribution in [0.4, 0.5) is 4.39 Å². The van der Waals surface area contributed by atoms with Crippen molar-refractivity contribution in [2.75, 3.05) is 0 Å². The van der Waals surface area contributed by atoms with Gasteiger partial charge in [0, 0.05) is 24.6 Å². The predicted octanol–water partition coefficient (Wildman–Crippen LogP) is 5.77. The molecular weight excluding hydrogens is 451 g/mol. The number of aryl methyl sites for hydroxylation is 1. The van der Waals surface area contributed by atoms with Crippen molar-refractivity contribution in [1.82, 2.24) is 10.2 Å². The van der Waals surface area contributed by atoms with E-state index in [1.165, 1.54) is 12.5 Å². The first kappa shape index (κ1) is 25.6. The van der Waals surface area contributed by atoms with Crippen LogP contribution < -0.4 is 5.32 Å². The van der Waals surface area contributed by atoms with Crippen molar-refractivity contribution in [3.05, 3.63) is 107 Å². The van der Waals surface area contributed by atoms with Crippen LogP contribution in [0.15, 0.2) is 78.9 Å². The summed E-state index contributed by atoms with van der Waals surface area (Å²) in [7, 11) is 0. The number of rotatable bonds is 9. The summed E-state index contributed by atoms with van der Waals surface area (Å²) in [5.41, 5.74) is 3.31. The summed E-state index contributed by atoms with van der Waals surface area (Å²) in [6.45, 7) is 2.02. The highest BCUT2D eigenvalue weighted by Gasteiger charge is 2.32. The highest BCUT2D eigenvalue weighted by Crippen LogP contribution is 2.21. The monoisotopic (exact) mass is 486 g/mol. The number of nitrogens with zero attached hydrogens (tertiary/aromatic N) is 1. The molecule has 5 heteroatoms. The quantitative estimate of drug-likeness (QED) is 0.418. The van der Waals surface area contributed by atoms with Gasteiger partial charge in [-0.3, -0.25) is 9.59 Å². The maximum absolute atomic E-state index is 14.7. The first-order valence-electron chi connectivity index (χ1n) is 12.9. The van der Waals surface area contributed by atoms with Crippen molar-refractivity contribution < 1.29 is 14.0 Å². The first-order chi connectivity index (χ1) is 17.5. The number of carbonyl (C=O) groups is 2. The predicted molar refractivity (Wildman–Crippen MR) is 141 cm³/mol. The fraction of sp³-hybridized carbons (Fsp3) is 0.355. The van der Waals surface area contributed by atoms with Crippen molar-refractivity contribution in [3.63, 3.8) is 0 Å². The van der Waals surface area contributed by atoms with Gasteiger partial charge in [-0.1, -0.05) is 97.6 Å². The molecule has 2 amide bonds. The Balaban J connectivity index is 1.66. The van der Waals surface area contributed by atoms with Crippen LogP contribution in [0.1, 0.15) is 54.4 Å². The lowest BCUT2D eigenvalue weighted by molar-refractivity contribution is -0.141. The summed E-state index contributed by atoms with van der Waals surface area (Å²) < 4.78 is 14.7. The van der Waals surface area contributed by atoms with E-state index in [4.69, 9.17) is 0 Å². The standard InChI is InChI=1S/C31H35FN2O2/c1-23-11-10-14-25(19-23)21-30(35)34(22-26-15-8-9-18-28(26)32)29(20-24-12-4-2-5-13-24)31(36)33-27-16-6-3-7-17-27/h2,4-5,8-15,18-19,27,29H,3,6-7,16-17,20-22H2,1H3,(H,33,36)/t29-/m0/s1. The lowest BCUT2D eigenvalue weighted by atomic mass is 9.94. The molecular formula is C31H35FN2O2. The zero-order valence-corrected chi connectivity index (χ0v) is 21.0. The van der Waals surface area contributed by atoms with Crippen molar-refractivity contribution in [2.45, 2.75) is 70.5 Å². The van der Waals surface area contributed by atoms with Gasteiger partial charge in [-0.25, -0.2) is 4.39 Å². The van der Waals surface area contributed by atoms with Gasteiger partial charge in [-0.05, 0) is 37.0 Å². The summed E-state index contributed by atoms with van der Waals surface area (Å²) in [5.74, 6) is -0.736. The van der Waals surface area contributed by atoms with E-state index in [0.717, 1.165) is 42.4 Å². The Hall–Kier alpha value is -3.47. The summed E-state index contributed by atoms with van der Waals surface area (Å²) in [6.07, 6.45) is 5.81. The van der Waals surface area contributed by atoms with Crippen LogP contribution in [-0.2, 0) is 29.0 Å². The number of hydrogen-bond acceptors (Lipinski definition) is 2. The van der Waals surface area contributed by atoms with Crippen molar-refractivity contribution in [3.8, 4) is 0 Å². The van der Waals surface area contributed by atoms with E-state index in [2.05, 4.69) is 5.32 Å². The van der Waals surface area contributed by atoms with E-state index >= 15 is 0 Å². The third kappa shape index (κ3) is 7.03. The smallest absolute Gasteiger partial charge is 0.243 e. The first-order valence-corrected chi connectivity index (χ1v) is 12.9. The molecule has 1 aliphatic carbocycles. The second-order valence-corrected chi connectivity index (χ2v) is 9.83. The lowest BCUT2D eigenvalue weighted by Gasteiger charge is -2.33. The van der Waals surface area contributed by atoms with Crippen LogP contribution in [0.5, 0.6) is 0 Å². The maximum Gasteiger partial charge on any atom is 0.243 e. The van der Waals surface area contributed by atoms with Crippen LogP contribution in [0.3, 0.4) is 0 Å². The molecule has 3 aromatic carbocycles. The Morgan fingerprint density at radius 3 is 2.33 bits per heavy atom. The SMILES string of the molecule is Cc1cccc(CC(=O)N(Cc2ccccc2F)[C@@H](Cc2ccccc2)C(=O)NC2CCCCC2)c1. The normalized spacial score (nSPS) is 14.7. The third-order valence-corrected chi connectivity index (χ3v) is 6.96. The van der Waals surface area contributed by atoms with Gasteiger partial charge in [0.25, 0.3) is 0 Å². The second kappa shape index (κ2) is 12.5. The van der Waals surface area contributed by atoms with E-state index in [-0.39, 0.29) is 36.6 Å². The summed E-state index contributed by atoms with van der Waals surface area (Å²) >= 11 is 0. The topological polar surface area (TPSA) is 49.4 Å². The molecule has 0 aromatic heterocycles. The summed E-state index contributed by atoms with van der Waals surface area (Å²) in [4.78, 5) is 29.1. The molecule has 3 aromatic rings. The highest BCUT2D eigenvalue weighted by atomic mass is 19.1. The van der Waals surface area contributed by atoms with Gasteiger partial charge in [-0.15, -0.1) is 0 Å². The Morgan fingerprint density at radius 2 is 1.61 bits per heavy atom. The Labute approximate surface area is 213 Å². The second-order valence-electron chi connectivity index (χ2n) is 9.83. The van der Waals surface area contributed by atoms with E-state index in [1.807, 2.05) is 61.5 Å². The van der Waals surface area contributed by atoms with Crippen LogP contribution in [-0.4, -0.2) is 28.8 Å². The molecule has 0 saturated heterocycles. The van der Waals surface area contributed by atoms with Crippen LogP contribution in [0.2, 0.25) is 0 Å². The van der Waals surface area contributed by atoms with Gasteiger partial charge in [-0.2, -0.15) is 0 Å². The molecule has 0 unspecified atom stereocenters. The molecule has 1 N–H and O–H groups in total. The molecule has 188 valence electrons. The molecule has 0 radical (unpaired) electrons. The molecule has 0 bridgehead atoms. The third-order valence-electron chi connectivity index (χ3n) is 6.96. The molecule has 1 atom stereocenters. The number of carbonyl (C=O) groups excluding carboxylic acids is 2. The van der Waals surface area contributed by atoms with Gasteiger partial charge in [0.2, 0.25) is 11.8 Å². The Morgan fingerprint density at radius 1 is 0.917 bits per heavy atom. The van der Waals surface area contributed by atoms with Crippen LogP contribution in [0.25, 0.3) is 0 Å². The van der Waals surface area contributed by atoms with Gasteiger partial charge in [0.15, 0.2) is 0 Å². The van der Waals surface area contributed by atoms with Gasteiger partial charge in [0.1, 0.15) is 11.9 Å². The van der Waals surface area contributed by atoms with Crippen molar-refractivity contribution in [2.24, 2.45) is 0 Å². The van der Waals surface area contributed by atoms with Crippen molar-refractivity contribution in [1.29, 1.82) is 0 Å². The van der Waals surface area contributed by atoms with E-state index in [0.29, 0.717) is 12.0 Å². The van der Waals surface area contributed by atoms with Gasteiger partial charge in [0.05, 0.1) is 6.42 Å². The minimum Gasteiger partial charge on any atom is -0.352 e. The average molecular weight is 487 g/mol. The molecule has 4 rings (SSSR count). The minimum absolute atomic E-state index is 0.0346. The number of amides is 2. The number of benzene rings is 3. The van der Waals surface area contributed by atoms with Crippen LogP contribution >= 0.6 is 0 Å². The number of nitrogens with one attached hydrogen (secondary N) is 1. The molecule has 0 aliphatic heterocycles. The summed E-state index contributed by atoms with van der Waals surface area (Å²) in [5, 5.41) is 3.22. The molecule has 36 heavy (non-hydrogen) atoms. The minimum atomic E-state index is -0.744. The Kier molecular flexibility index (Phi) is 8.88. The molecule has 0 heterocycles. The zero-order valence-electron chi connectivity index (χ0n) is 21.0. The average Bonchev–Trinajstić information content (AvgIpc) is 2.88. The van der Waals surface area contributed by atoms with E-state index in [9.17, 15) is 14.0 Å². The van der Waals surface area contributed by atoms with E-state index < -0.39 is 6.04 Å². The fourth-order valence-corrected chi connectivity index (χ4v) is 5.01. The molecule has 1 aliphatic rings. The molecule has 1 saturated carbocycles. The fourth-order valence-electron chi connectivity index (χ4n) is 5.01. The van der Waals surface area contributed by atoms with Gasteiger partial charge < -0.3 is 10.2 Å². The summed E-state index contributed by atoms with van der Waals surface area (Å²) in [6, 6.07) is 23.4. The zero-order chi connectivity index (χ0) is 25.3. The molecule has 1 fully saturated rings. The van der Waals surface area contributed by atoms with Crippen LogP contribution in [0, 0.1) is 12.7 Å². The van der Waals surface area contributed by atoms with Gasteiger partial charge >= 0.3 is 0 Å². The maximum atomic E-state index is 14.7. The molecule has 0 spiro atoms. The lowest BCUT2D eigenvalue weighted by Crippen LogP contribution is -2.53. The Bertz CT molecular complexity index is 1160. The highest BCUT2D eigenvalue weighted by molar-refractivity contribution is 5.89. The largest absolute Gasteiger partial charge is 0.352 e. The number of halogens is 1. The molecule has 4 nitrogen and oxygen atoms in total.